The van der Waals surface area contributed by atoms with E-state index < -0.39 is 0 Å². The minimum atomic E-state index is -0.285. The molecule has 1 saturated heterocycles. The lowest BCUT2D eigenvalue weighted by molar-refractivity contribution is 0.105. The molecule has 1 aromatic carbocycles. The van der Waals surface area contributed by atoms with Gasteiger partial charge in [-0.05, 0) is 38.5 Å². The van der Waals surface area contributed by atoms with Gasteiger partial charge < -0.3 is 15.8 Å². The minimum absolute atomic E-state index is 0.0927. The third kappa shape index (κ3) is 1.97. The number of anilines is 2. The van der Waals surface area contributed by atoms with Crippen LogP contribution in [0.2, 0.25) is 0 Å². The third-order valence-electron chi connectivity index (χ3n) is 3.32. The fourth-order valence-electron chi connectivity index (χ4n) is 1.94. The molecule has 1 heterocycles. The maximum Gasteiger partial charge on any atom is 0.125 e. The summed E-state index contributed by atoms with van der Waals surface area (Å²) in [5.74, 6) is -0.285. The van der Waals surface area contributed by atoms with E-state index in [2.05, 4.69) is 12.2 Å². The Labute approximate surface area is 94.8 Å². The van der Waals surface area contributed by atoms with Gasteiger partial charge in [-0.25, -0.2) is 4.39 Å². The summed E-state index contributed by atoms with van der Waals surface area (Å²) in [6.45, 7) is 4.80. The predicted octanol–water partition coefficient (Wildman–Crippen LogP) is 2.39. The van der Waals surface area contributed by atoms with Gasteiger partial charge in [-0.1, -0.05) is 0 Å². The molecule has 0 aromatic heterocycles. The first-order valence-corrected chi connectivity index (χ1v) is 5.46. The van der Waals surface area contributed by atoms with E-state index >= 15 is 0 Å². The topological polar surface area (TPSA) is 47.3 Å². The van der Waals surface area contributed by atoms with Crippen LogP contribution in [0.5, 0.6) is 0 Å². The molecule has 3 nitrogen and oxygen atoms in total. The van der Waals surface area contributed by atoms with Gasteiger partial charge in [0.15, 0.2) is 0 Å². The highest BCUT2D eigenvalue weighted by Gasteiger charge is 2.37. The summed E-state index contributed by atoms with van der Waals surface area (Å²) in [5, 5.41) is 3.29. The Morgan fingerprint density at radius 1 is 1.56 bits per heavy atom. The number of ether oxygens (including phenoxy) is 1. The number of hydrogen-bond acceptors (Lipinski definition) is 3. The first kappa shape index (κ1) is 11.2. The summed E-state index contributed by atoms with van der Waals surface area (Å²) in [7, 11) is 0. The molecule has 2 rings (SSSR count). The second-order valence-corrected chi connectivity index (χ2v) is 4.54. The Kier molecular flexibility index (Phi) is 2.76. The molecule has 88 valence electrons. The lowest BCUT2D eigenvalue weighted by Crippen LogP contribution is -2.41. The molecule has 0 bridgehead atoms. The van der Waals surface area contributed by atoms with Crippen molar-refractivity contribution in [2.24, 2.45) is 0 Å². The largest absolute Gasteiger partial charge is 0.397 e. The van der Waals surface area contributed by atoms with Crippen LogP contribution in [-0.4, -0.2) is 18.2 Å². The number of halogens is 1. The average molecular weight is 224 g/mol. The SMILES string of the molecule is CC1OCCC1(C)Nc1cc(F)ccc1N. The number of hydrogen-bond donors (Lipinski definition) is 2. The Morgan fingerprint density at radius 3 is 2.94 bits per heavy atom. The molecular weight excluding hydrogens is 207 g/mol. The van der Waals surface area contributed by atoms with Gasteiger partial charge in [0, 0.05) is 6.61 Å². The molecule has 2 unspecified atom stereocenters. The van der Waals surface area contributed by atoms with Crippen molar-refractivity contribution in [2.45, 2.75) is 31.9 Å². The Morgan fingerprint density at radius 2 is 2.31 bits per heavy atom. The summed E-state index contributed by atoms with van der Waals surface area (Å²) in [6, 6.07) is 4.35. The van der Waals surface area contributed by atoms with Crippen LogP contribution in [0.25, 0.3) is 0 Å². The zero-order valence-electron chi connectivity index (χ0n) is 9.59. The van der Waals surface area contributed by atoms with E-state index in [0.717, 1.165) is 13.0 Å². The van der Waals surface area contributed by atoms with Gasteiger partial charge in [0.2, 0.25) is 0 Å². The van der Waals surface area contributed by atoms with Crippen LogP contribution < -0.4 is 11.1 Å². The van der Waals surface area contributed by atoms with E-state index in [9.17, 15) is 4.39 Å². The maximum atomic E-state index is 13.1. The number of nitrogens with two attached hydrogens (primary N) is 1. The highest BCUT2D eigenvalue weighted by Crippen LogP contribution is 2.31. The molecule has 1 fully saturated rings. The van der Waals surface area contributed by atoms with E-state index in [1.807, 2.05) is 6.92 Å². The molecule has 0 aliphatic carbocycles. The smallest absolute Gasteiger partial charge is 0.125 e. The molecule has 0 saturated carbocycles. The lowest BCUT2D eigenvalue weighted by Gasteiger charge is -2.30. The van der Waals surface area contributed by atoms with Crippen molar-refractivity contribution >= 4 is 11.4 Å². The quantitative estimate of drug-likeness (QED) is 0.758. The van der Waals surface area contributed by atoms with Crippen LogP contribution >= 0.6 is 0 Å². The second kappa shape index (κ2) is 3.94. The lowest BCUT2D eigenvalue weighted by atomic mass is 9.94. The molecule has 0 spiro atoms. The highest BCUT2D eigenvalue weighted by molar-refractivity contribution is 5.67. The van der Waals surface area contributed by atoms with Gasteiger partial charge in [0.25, 0.3) is 0 Å². The first-order valence-electron chi connectivity index (χ1n) is 5.46. The standard InChI is InChI=1S/C12H17FN2O/c1-8-12(2,5-6-16-8)15-11-7-9(13)3-4-10(11)14/h3-4,7-8,15H,5-6,14H2,1-2H3. The van der Waals surface area contributed by atoms with Crippen molar-refractivity contribution in [3.63, 3.8) is 0 Å². The molecular formula is C12H17FN2O. The van der Waals surface area contributed by atoms with Gasteiger partial charge in [-0.15, -0.1) is 0 Å². The molecule has 0 radical (unpaired) electrons. The van der Waals surface area contributed by atoms with Crippen molar-refractivity contribution in [1.29, 1.82) is 0 Å². The number of nitrogens with one attached hydrogen (secondary N) is 1. The average Bonchev–Trinajstić information content (AvgIpc) is 2.53. The minimum Gasteiger partial charge on any atom is -0.397 e. The van der Waals surface area contributed by atoms with Crippen molar-refractivity contribution in [1.82, 2.24) is 0 Å². The molecule has 1 aromatic rings. The number of benzene rings is 1. The van der Waals surface area contributed by atoms with Crippen LogP contribution in [0.1, 0.15) is 20.3 Å². The molecule has 1 aliphatic rings. The first-order chi connectivity index (χ1) is 7.51. The Bertz CT molecular complexity index is 397. The third-order valence-corrected chi connectivity index (χ3v) is 3.32. The normalized spacial score (nSPS) is 29.3. The number of rotatable bonds is 2. The van der Waals surface area contributed by atoms with Crippen LogP contribution in [0, 0.1) is 5.82 Å². The maximum absolute atomic E-state index is 13.1. The summed E-state index contributed by atoms with van der Waals surface area (Å²) < 4.78 is 18.6. The molecule has 2 atom stereocenters. The fraction of sp³-hybridized carbons (Fsp3) is 0.500. The van der Waals surface area contributed by atoms with E-state index in [0.29, 0.717) is 11.4 Å². The summed E-state index contributed by atoms with van der Waals surface area (Å²) in [4.78, 5) is 0. The van der Waals surface area contributed by atoms with E-state index in [1.54, 1.807) is 6.07 Å². The highest BCUT2D eigenvalue weighted by atomic mass is 19.1. The molecule has 1 aliphatic heterocycles. The van der Waals surface area contributed by atoms with Crippen molar-refractivity contribution < 1.29 is 9.13 Å². The van der Waals surface area contributed by atoms with Gasteiger partial charge in [0.1, 0.15) is 5.82 Å². The zero-order chi connectivity index (χ0) is 11.8. The molecule has 3 N–H and O–H groups in total. The number of nitrogen functional groups attached to an aromatic ring is 1. The van der Waals surface area contributed by atoms with Crippen molar-refractivity contribution in [3.05, 3.63) is 24.0 Å². The van der Waals surface area contributed by atoms with E-state index in [-0.39, 0.29) is 17.5 Å². The van der Waals surface area contributed by atoms with Crippen LogP contribution in [0.4, 0.5) is 15.8 Å². The van der Waals surface area contributed by atoms with Crippen molar-refractivity contribution in [3.8, 4) is 0 Å². The summed E-state index contributed by atoms with van der Waals surface area (Å²) in [5.41, 5.74) is 6.82. The van der Waals surface area contributed by atoms with E-state index in [4.69, 9.17) is 10.5 Å². The van der Waals surface area contributed by atoms with Gasteiger partial charge in [-0.2, -0.15) is 0 Å². The second-order valence-electron chi connectivity index (χ2n) is 4.54. The molecule has 16 heavy (non-hydrogen) atoms. The summed E-state index contributed by atoms with van der Waals surface area (Å²) >= 11 is 0. The van der Waals surface area contributed by atoms with Gasteiger partial charge in [0.05, 0.1) is 23.0 Å². The monoisotopic (exact) mass is 224 g/mol. The van der Waals surface area contributed by atoms with Crippen molar-refractivity contribution in [2.75, 3.05) is 17.7 Å². The van der Waals surface area contributed by atoms with Crippen LogP contribution in [0.15, 0.2) is 18.2 Å². The van der Waals surface area contributed by atoms with Crippen LogP contribution in [-0.2, 0) is 4.74 Å². The van der Waals surface area contributed by atoms with Crippen LogP contribution in [0.3, 0.4) is 0 Å². The zero-order valence-corrected chi connectivity index (χ0v) is 9.59. The molecule has 4 heteroatoms. The fourth-order valence-corrected chi connectivity index (χ4v) is 1.94. The van der Waals surface area contributed by atoms with Gasteiger partial charge >= 0.3 is 0 Å². The summed E-state index contributed by atoms with van der Waals surface area (Å²) in [6.07, 6.45) is 0.986. The van der Waals surface area contributed by atoms with Gasteiger partial charge in [-0.3, -0.25) is 0 Å². The Hall–Kier alpha value is -1.29. The molecule has 0 amide bonds. The Balaban J connectivity index is 2.23. The van der Waals surface area contributed by atoms with E-state index in [1.165, 1.54) is 12.1 Å². The predicted molar refractivity (Wildman–Crippen MR) is 62.9 cm³/mol.